The van der Waals surface area contributed by atoms with Crippen LogP contribution in [0.4, 0.5) is 0 Å². The van der Waals surface area contributed by atoms with Crippen molar-refractivity contribution >= 4 is 17.3 Å². The third-order valence-electron chi connectivity index (χ3n) is 1.50. The second kappa shape index (κ2) is 4.34. The predicted octanol–water partition coefficient (Wildman–Crippen LogP) is 0.968. The number of aromatic nitrogens is 1. The van der Waals surface area contributed by atoms with Gasteiger partial charge in [-0.2, -0.15) is 0 Å². The molecule has 0 aromatic carbocycles. The Kier molecular flexibility index (Phi) is 3.39. The van der Waals surface area contributed by atoms with Crippen molar-refractivity contribution < 1.29 is 9.90 Å². The zero-order chi connectivity index (χ0) is 9.84. The molecular weight excluding hydrogens is 188 g/mol. The third-order valence-corrected chi connectivity index (χ3v) is 2.33. The Bertz CT molecular complexity index is 298. The second-order valence-electron chi connectivity index (χ2n) is 2.92. The highest BCUT2D eigenvalue weighted by atomic mass is 32.1. The molecule has 0 radical (unpaired) electrons. The van der Waals surface area contributed by atoms with E-state index in [-0.39, 0.29) is 6.54 Å². The number of aliphatic carboxylic acids is 1. The lowest BCUT2D eigenvalue weighted by atomic mass is 10.4. The van der Waals surface area contributed by atoms with E-state index in [0.717, 1.165) is 10.7 Å². The Balaban J connectivity index is 2.44. The number of nitrogens with zero attached hydrogens (tertiary/aromatic N) is 2. The van der Waals surface area contributed by atoms with Gasteiger partial charge in [0.15, 0.2) is 0 Å². The van der Waals surface area contributed by atoms with Crippen LogP contribution < -0.4 is 0 Å². The Labute approximate surface area is 80.8 Å². The highest BCUT2D eigenvalue weighted by Crippen LogP contribution is 2.09. The van der Waals surface area contributed by atoms with Crippen molar-refractivity contribution in [2.45, 2.75) is 13.5 Å². The number of hydrogen-bond acceptors (Lipinski definition) is 4. The summed E-state index contributed by atoms with van der Waals surface area (Å²) in [6.07, 6.45) is 0. The van der Waals surface area contributed by atoms with Crippen molar-refractivity contribution in [2.75, 3.05) is 13.6 Å². The summed E-state index contributed by atoms with van der Waals surface area (Å²) >= 11 is 1.58. The van der Waals surface area contributed by atoms with Gasteiger partial charge in [0.1, 0.15) is 0 Å². The van der Waals surface area contributed by atoms with E-state index >= 15 is 0 Å². The summed E-state index contributed by atoms with van der Waals surface area (Å²) in [5.74, 6) is -0.811. The largest absolute Gasteiger partial charge is 0.480 e. The molecule has 4 nitrogen and oxygen atoms in total. The fourth-order valence-electron chi connectivity index (χ4n) is 1.04. The molecule has 0 bridgehead atoms. The minimum atomic E-state index is -0.811. The van der Waals surface area contributed by atoms with Gasteiger partial charge in [0, 0.05) is 11.9 Å². The van der Waals surface area contributed by atoms with Crippen LogP contribution in [0.15, 0.2) is 5.38 Å². The monoisotopic (exact) mass is 200 g/mol. The van der Waals surface area contributed by atoms with Crippen LogP contribution in [-0.4, -0.2) is 34.6 Å². The number of carboxylic acids is 1. The molecule has 0 saturated carbocycles. The molecule has 1 aromatic rings. The Morgan fingerprint density at radius 1 is 1.77 bits per heavy atom. The Morgan fingerprint density at radius 3 is 2.92 bits per heavy atom. The van der Waals surface area contributed by atoms with Crippen LogP contribution >= 0.6 is 11.3 Å². The first-order valence-electron chi connectivity index (χ1n) is 3.89. The SMILES string of the molecule is Cc1nc(CN(C)CC(=O)O)cs1. The highest BCUT2D eigenvalue weighted by Gasteiger charge is 2.06. The van der Waals surface area contributed by atoms with Crippen LogP contribution in [0, 0.1) is 6.92 Å². The molecular formula is C8H12N2O2S. The van der Waals surface area contributed by atoms with Crippen molar-refractivity contribution in [2.24, 2.45) is 0 Å². The van der Waals surface area contributed by atoms with E-state index in [1.54, 1.807) is 23.3 Å². The van der Waals surface area contributed by atoms with Gasteiger partial charge in [-0.15, -0.1) is 11.3 Å². The van der Waals surface area contributed by atoms with Crippen molar-refractivity contribution in [3.8, 4) is 0 Å². The van der Waals surface area contributed by atoms with Gasteiger partial charge in [-0.1, -0.05) is 0 Å². The minimum Gasteiger partial charge on any atom is -0.480 e. The molecule has 0 spiro atoms. The lowest BCUT2D eigenvalue weighted by molar-refractivity contribution is -0.138. The molecule has 1 heterocycles. The summed E-state index contributed by atoms with van der Waals surface area (Å²) in [4.78, 5) is 16.3. The van der Waals surface area contributed by atoms with E-state index in [4.69, 9.17) is 5.11 Å². The van der Waals surface area contributed by atoms with Gasteiger partial charge in [0.05, 0.1) is 17.2 Å². The first-order chi connectivity index (χ1) is 6.08. The van der Waals surface area contributed by atoms with Gasteiger partial charge in [-0.05, 0) is 14.0 Å². The van der Waals surface area contributed by atoms with Crippen LogP contribution in [0.5, 0.6) is 0 Å². The van der Waals surface area contributed by atoms with Crippen molar-refractivity contribution in [1.29, 1.82) is 0 Å². The van der Waals surface area contributed by atoms with Crippen molar-refractivity contribution in [3.63, 3.8) is 0 Å². The number of likely N-dealkylation sites (N-methyl/N-ethyl adjacent to an activating group) is 1. The summed E-state index contributed by atoms with van der Waals surface area (Å²) in [6, 6.07) is 0. The summed E-state index contributed by atoms with van der Waals surface area (Å²) in [5, 5.41) is 11.5. The maximum atomic E-state index is 10.3. The number of hydrogen-bond donors (Lipinski definition) is 1. The zero-order valence-corrected chi connectivity index (χ0v) is 8.47. The summed E-state index contributed by atoms with van der Waals surface area (Å²) in [7, 11) is 1.77. The zero-order valence-electron chi connectivity index (χ0n) is 7.65. The summed E-state index contributed by atoms with van der Waals surface area (Å²) in [6.45, 7) is 2.58. The molecule has 13 heavy (non-hydrogen) atoms. The van der Waals surface area contributed by atoms with Crippen LogP contribution in [-0.2, 0) is 11.3 Å². The number of carboxylic acid groups (broad SMARTS) is 1. The molecule has 72 valence electrons. The van der Waals surface area contributed by atoms with Gasteiger partial charge in [0.25, 0.3) is 0 Å². The predicted molar refractivity (Wildman–Crippen MR) is 50.8 cm³/mol. The molecule has 0 saturated heterocycles. The molecule has 0 aliphatic rings. The molecule has 0 fully saturated rings. The summed E-state index contributed by atoms with van der Waals surface area (Å²) in [5.41, 5.74) is 0.936. The molecule has 0 unspecified atom stereocenters. The Hall–Kier alpha value is -0.940. The summed E-state index contributed by atoms with van der Waals surface area (Å²) < 4.78 is 0. The lowest BCUT2D eigenvalue weighted by Crippen LogP contribution is -2.25. The van der Waals surface area contributed by atoms with Crippen LogP contribution in [0.1, 0.15) is 10.7 Å². The van der Waals surface area contributed by atoms with Gasteiger partial charge < -0.3 is 5.11 Å². The molecule has 0 amide bonds. The molecule has 0 atom stereocenters. The average Bonchev–Trinajstić information content (AvgIpc) is 2.33. The number of rotatable bonds is 4. The third kappa shape index (κ3) is 3.52. The van der Waals surface area contributed by atoms with E-state index in [1.165, 1.54) is 0 Å². The molecule has 1 aromatic heterocycles. The number of thiazole rings is 1. The van der Waals surface area contributed by atoms with E-state index in [0.29, 0.717) is 6.54 Å². The van der Waals surface area contributed by atoms with Gasteiger partial charge in [-0.3, -0.25) is 9.69 Å². The lowest BCUT2D eigenvalue weighted by Gasteiger charge is -2.11. The molecule has 1 rings (SSSR count). The first kappa shape index (κ1) is 10.1. The molecule has 5 heteroatoms. The molecule has 0 aliphatic carbocycles. The standard InChI is InChI=1S/C8H12N2O2S/c1-6-9-7(5-13-6)3-10(2)4-8(11)12/h5H,3-4H2,1-2H3,(H,11,12). The average molecular weight is 200 g/mol. The quantitative estimate of drug-likeness (QED) is 0.786. The molecule has 1 N–H and O–H groups in total. The van der Waals surface area contributed by atoms with E-state index in [9.17, 15) is 4.79 Å². The van der Waals surface area contributed by atoms with E-state index in [1.807, 2.05) is 12.3 Å². The van der Waals surface area contributed by atoms with Gasteiger partial charge in [-0.25, -0.2) is 4.98 Å². The number of carbonyl (C=O) groups is 1. The fraction of sp³-hybridized carbons (Fsp3) is 0.500. The van der Waals surface area contributed by atoms with Gasteiger partial charge in [0.2, 0.25) is 0 Å². The highest BCUT2D eigenvalue weighted by molar-refractivity contribution is 7.09. The van der Waals surface area contributed by atoms with Crippen LogP contribution in [0.2, 0.25) is 0 Å². The Morgan fingerprint density at radius 2 is 2.46 bits per heavy atom. The smallest absolute Gasteiger partial charge is 0.317 e. The van der Waals surface area contributed by atoms with Crippen LogP contribution in [0.3, 0.4) is 0 Å². The maximum Gasteiger partial charge on any atom is 0.317 e. The van der Waals surface area contributed by atoms with Crippen molar-refractivity contribution in [1.82, 2.24) is 9.88 Å². The van der Waals surface area contributed by atoms with E-state index < -0.39 is 5.97 Å². The van der Waals surface area contributed by atoms with Crippen molar-refractivity contribution in [3.05, 3.63) is 16.1 Å². The normalized spacial score (nSPS) is 10.7. The molecule has 0 aliphatic heterocycles. The van der Waals surface area contributed by atoms with E-state index in [2.05, 4.69) is 4.98 Å². The van der Waals surface area contributed by atoms with Crippen LogP contribution in [0.25, 0.3) is 0 Å². The topological polar surface area (TPSA) is 53.4 Å². The first-order valence-corrected chi connectivity index (χ1v) is 4.77. The fourth-order valence-corrected chi connectivity index (χ4v) is 1.65. The minimum absolute atomic E-state index is 0.0522. The van der Waals surface area contributed by atoms with Gasteiger partial charge >= 0.3 is 5.97 Å². The second-order valence-corrected chi connectivity index (χ2v) is 3.99. The number of aryl methyl sites for hydroxylation is 1. The maximum absolute atomic E-state index is 10.3.